The van der Waals surface area contributed by atoms with Gasteiger partial charge in [0.05, 0.1) is 13.2 Å². The number of hydrogen-bond acceptors (Lipinski definition) is 4. The smallest absolute Gasteiger partial charge is 0.234 e. The molecule has 1 aromatic carbocycles. The lowest BCUT2D eigenvalue weighted by molar-refractivity contribution is -0.123. The van der Waals surface area contributed by atoms with Crippen LogP contribution in [0.4, 0.5) is 0 Å². The van der Waals surface area contributed by atoms with Crippen molar-refractivity contribution < 1.29 is 9.53 Å². The number of piperidine rings is 1. The van der Waals surface area contributed by atoms with Crippen molar-refractivity contribution in [3.05, 3.63) is 29.8 Å². The number of rotatable bonds is 5. The molecule has 1 unspecified atom stereocenters. The highest BCUT2D eigenvalue weighted by atomic mass is 16.5. The molecule has 0 spiro atoms. The molecule has 5 nitrogen and oxygen atoms in total. The van der Waals surface area contributed by atoms with Crippen molar-refractivity contribution in [2.75, 3.05) is 26.7 Å². The summed E-state index contributed by atoms with van der Waals surface area (Å²) in [6, 6.07) is 8.75. The number of primary amides is 1. The number of carbonyl (C=O) groups is 1. The molecule has 0 radical (unpaired) electrons. The second-order valence-corrected chi connectivity index (χ2v) is 6.66. The molecule has 2 aliphatic rings. The highest BCUT2D eigenvalue weighted by Gasteiger charge is 2.35. The van der Waals surface area contributed by atoms with Gasteiger partial charge in [-0.05, 0) is 63.0 Å². The number of methoxy groups -OCH3 is 1. The summed E-state index contributed by atoms with van der Waals surface area (Å²) >= 11 is 0. The molecule has 1 atom stereocenters. The van der Waals surface area contributed by atoms with Crippen LogP contribution in [0.25, 0.3) is 0 Å². The number of amides is 1. The molecule has 2 fully saturated rings. The van der Waals surface area contributed by atoms with E-state index >= 15 is 0 Å². The molecule has 2 saturated heterocycles. The Morgan fingerprint density at radius 2 is 2.04 bits per heavy atom. The summed E-state index contributed by atoms with van der Waals surface area (Å²) in [4.78, 5) is 16.4. The van der Waals surface area contributed by atoms with E-state index in [1.165, 1.54) is 5.56 Å². The van der Waals surface area contributed by atoms with Gasteiger partial charge >= 0.3 is 0 Å². The highest BCUT2D eigenvalue weighted by molar-refractivity contribution is 5.80. The van der Waals surface area contributed by atoms with E-state index in [2.05, 4.69) is 21.9 Å². The molecule has 5 heteroatoms. The Bertz CT molecular complexity index is 541. The zero-order valence-electron chi connectivity index (χ0n) is 13.9. The molecule has 23 heavy (non-hydrogen) atoms. The van der Waals surface area contributed by atoms with Crippen LogP contribution < -0.4 is 10.5 Å². The predicted octanol–water partition coefficient (Wildman–Crippen LogP) is 1.61. The molecule has 2 aliphatic heterocycles. The average molecular weight is 317 g/mol. The van der Waals surface area contributed by atoms with E-state index in [9.17, 15) is 4.79 Å². The first-order valence-corrected chi connectivity index (χ1v) is 8.57. The minimum absolute atomic E-state index is 0.0371. The van der Waals surface area contributed by atoms with Crippen LogP contribution in [-0.4, -0.2) is 54.5 Å². The summed E-state index contributed by atoms with van der Waals surface area (Å²) in [6.07, 6.45) is 4.26. The van der Waals surface area contributed by atoms with Gasteiger partial charge in [0, 0.05) is 12.6 Å². The number of carbonyl (C=O) groups excluding carboxylic acids is 1. The molecule has 0 aromatic heterocycles. The maximum absolute atomic E-state index is 11.6. The molecule has 126 valence electrons. The highest BCUT2D eigenvalue weighted by Crippen LogP contribution is 2.26. The Labute approximate surface area is 138 Å². The Hall–Kier alpha value is -1.59. The van der Waals surface area contributed by atoms with Gasteiger partial charge in [0.15, 0.2) is 0 Å². The summed E-state index contributed by atoms with van der Waals surface area (Å²) in [5, 5.41) is 0. The number of nitrogens with zero attached hydrogens (tertiary/aromatic N) is 2. The first-order valence-electron chi connectivity index (χ1n) is 8.57. The number of likely N-dealkylation sites (tertiary alicyclic amines) is 2. The second kappa shape index (κ2) is 7.32. The van der Waals surface area contributed by atoms with Gasteiger partial charge in [0.25, 0.3) is 0 Å². The van der Waals surface area contributed by atoms with Crippen LogP contribution in [0.5, 0.6) is 5.75 Å². The van der Waals surface area contributed by atoms with Crippen LogP contribution in [0.15, 0.2) is 24.3 Å². The fourth-order valence-electron chi connectivity index (χ4n) is 3.97. The Morgan fingerprint density at radius 3 is 2.74 bits per heavy atom. The lowest BCUT2D eigenvalue weighted by atomic mass is 10.0. The first-order chi connectivity index (χ1) is 11.2. The van der Waals surface area contributed by atoms with Crippen LogP contribution in [0.3, 0.4) is 0 Å². The van der Waals surface area contributed by atoms with Gasteiger partial charge < -0.3 is 10.5 Å². The van der Waals surface area contributed by atoms with Crippen molar-refractivity contribution in [1.29, 1.82) is 0 Å². The third kappa shape index (κ3) is 3.85. The zero-order chi connectivity index (χ0) is 16.2. The van der Waals surface area contributed by atoms with E-state index in [0.29, 0.717) is 6.04 Å². The van der Waals surface area contributed by atoms with Gasteiger partial charge in [-0.1, -0.05) is 12.1 Å². The standard InChI is InChI=1S/C18H27N3O2/c1-23-16-5-2-4-14(12-16)13-20-10-7-15(8-11-20)21-9-3-6-17(21)18(19)22/h2,4-5,12,15,17H,3,6-11,13H2,1H3,(H2,19,22). The lowest BCUT2D eigenvalue weighted by Gasteiger charge is -2.38. The Balaban J connectivity index is 1.53. The quantitative estimate of drug-likeness (QED) is 0.896. The molecular weight excluding hydrogens is 290 g/mol. The molecular formula is C18H27N3O2. The van der Waals surface area contributed by atoms with Crippen molar-refractivity contribution in [1.82, 2.24) is 9.80 Å². The average Bonchev–Trinajstić information content (AvgIpc) is 3.06. The van der Waals surface area contributed by atoms with Gasteiger partial charge in [-0.25, -0.2) is 0 Å². The van der Waals surface area contributed by atoms with Crippen molar-refractivity contribution in [2.24, 2.45) is 5.73 Å². The molecule has 3 rings (SSSR count). The largest absolute Gasteiger partial charge is 0.497 e. The lowest BCUT2D eigenvalue weighted by Crippen LogP contribution is -2.50. The van der Waals surface area contributed by atoms with Crippen LogP contribution in [0, 0.1) is 0 Å². The second-order valence-electron chi connectivity index (χ2n) is 6.66. The molecule has 0 saturated carbocycles. The minimum atomic E-state index is -0.152. The summed E-state index contributed by atoms with van der Waals surface area (Å²) in [7, 11) is 1.70. The molecule has 1 amide bonds. The van der Waals surface area contributed by atoms with Crippen molar-refractivity contribution in [3.8, 4) is 5.75 Å². The molecule has 1 aromatic rings. The summed E-state index contributed by atoms with van der Waals surface area (Å²) in [5.41, 5.74) is 6.84. The summed E-state index contributed by atoms with van der Waals surface area (Å²) in [6.45, 7) is 4.13. The van der Waals surface area contributed by atoms with Crippen LogP contribution in [-0.2, 0) is 11.3 Å². The van der Waals surface area contributed by atoms with Crippen molar-refractivity contribution in [3.63, 3.8) is 0 Å². The van der Waals surface area contributed by atoms with Crippen molar-refractivity contribution >= 4 is 5.91 Å². The molecule has 2 heterocycles. The van der Waals surface area contributed by atoms with Gasteiger partial charge in [-0.15, -0.1) is 0 Å². The van der Waals surface area contributed by atoms with Gasteiger partial charge in [-0.2, -0.15) is 0 Å². The minimum Gasteiger partial charge on any atom is -0.497 e. The SMILES string of the molecule is COc1cccc(CN2CCC(N3CCCC3C(N)=O)CC2)c1. The number of ether oxygens (including phenoxy) is 1. The summed E-state index contributed by atoms with van der Waals surface area (Å²) in [5.74, 6) is 0.764. The molecule has 2 N–H and O–H groups in total. The molecule has 0 aliphatic carbocycles. The third-order valence-corrected chi connectivity index (χ3v) is 5.19. The predicted molar refractivity (Wildman–Crippen MR) is 90.2 cm³/mol. The maximum atomic E-state index is 11.6. The Kier molecular flexibility index (Phi) is 5.18. The van der Waals surface area contributed by atoms with Crippen LogP contribution in [0.2, 0.25) is 0 Å². The third-order valence-electron chi connectivity index (χ3n) is 5.19. The van der Waals surface area contributed by atoms with Crippen molar-refractivity contribution in [2.45, 2.75) is 44.3 Å². The normalized spacial score (nSPS) is 24.0. The summed E-state index contributed by atoms with van der Waals surface area (Å²) < 4.78 is 5.29. The van der Waals surface area contributed by atoms with E-state index in [-0.39, 0.29) is 11.9 Å². The van der Waals surface area contributed by atoms with E-state index in [1.807, 2.05) is 12.1 Å². The zero-order valence-corrected chi connectivity index (χ0v) is 13.9. The Morgan fingerprint density at radius 1 is 1.26 bits per heavy atom. The van der Waals surface area contributed by atoms with E-state index in [0.717, 1.165) is 57.6 Å². The van der Waals surface area contributed by atoms with E-state index in [1.54, 1.807) is 7.11 Å². The van der Waals surface area contributed by atoms with E-state index in [4.69, 9.17) is 10.5 Å². The number of benzene rings is 1. The van der Waals surface area contributed by atoms with Gasteiger partial charge in [-0.3, -0.25) is 14.6 Å². The number of hydrogen-bond donors (Lipinski definition) is 1. The topological polar surface area (TPSA) is 58.8 Å². The van der Waals surface area contributed by atoms with Crippen LogP contribution in [0.1, 0.15) is 31.2 Å². The fraction of sp³-hybridized carbons (Fsp3) is 0.611. The van der Waals surface area contributed by atoms with Gasteiger partial charge in [0.2, 0.25) is 5.91 Å². The fourth-order valence-corrected chi connectivity index (χ4v) is 3.97. The first kappa shape index (κ1) is 16.3. The molecule has 0 bridgehead atoms. The van der Waals surface area contributed by atoms with Crippen LogP contribution >= 0.6 is 0 Å². The van der Waals surface area contributed by atoms with E-state index < -0.39 is 0 Å². The monoisotopic (exact) mass is 317 g/mol. The van der Waals surface area contributed by atoms with Gasteiger partial charge in [0.1, 0.15) is 5.75 Å². The number of nitrogens with two attached hydrogens (primary N) is 1. The maximum Gasteiger partial charge on any atom is 0.234 e.